The maximum atomic E-state index is 13.2. The number of amides is 1. The molecule has 0 fully saturated rings. The molecule has 0 atom stereocenters. The van der Waals surface area contributed by atoms with Gasteiger partial charge in [-0.25, -0.2) is 4.39 Å². The van der Waals surface area contributed by atoms with Crippen molar-refractivity contribution in [1.29, 1.82) is 0 Å². The molecule has 0 saturated carbocycles. The summed E-state index contributed by atoms with van der Waals surface area (Å²) in [5.41, 5.74) is 2.71. The third-order valence-corrected chi connectivity index (χ3v) is 4.13. The van der Waals surface area contributed by atoms with Gasteiger partial charge in [0, 0.05) is 12.2 Å². The summed E-state index contributed by atoms with van der Waals surface area (Å²) in [6.07, 6.45) is 1.88. The lowest BCUT2D eigenvalue weighted by Gasteiger charge is -2.09. The number of nitrogens with one attached hydrogen (secondary N) is 2. The van der Waals surface area contributed by atoms with Gasteiger partial charge in [-0.3, -0.25) is 4.79 Å². The van der Waals surface area contributed by atoms with Gasteiger partial charge in [-0.1, -0.05) is 29.8 Å². The van der Waals surface area contributed by atoms with Crippen LogP contribution in [0.5, 0.6) is 0 Å². The number of furan rings is 1. The molecule has 0 aliphatic heterocycles. The monoisotopic (exact) mass is 372 g/mol. The first-order chi connectivity index (χ1) is 12.6. The molecule has 134 valence electrons. The fraction of sp³-hybridized carbons (Fsp3) is 0.150. The van der Waals surface area contributed by atoms with Crippen molar-refractivity contribution in [3.8, 4) is 0 Å². The standard InChI is InChI=1S/C20H18ClFN2O2/c21-18-10-15(5-8-19(18)22)12-23-16-6-3-14(4-7-16)11-20(25)24-13-17-2-1-9-26-17/h1-10,23H,11-13H2,(H,24,25). The van der Waals surface area contributed by atoms with E-state index in [0.29, 0.717) is 19.5 Å². The number of hydrogen-bond acceptors (Lipinski definition) is 3. The van der Waals surface area contributed by atoms with Gasteiger partial charge in [0.15, 0.2) is 0 Å². The highest BCUT2D eigenvalue weighted by Gasteiger charge is 2.05. The van der Waals surface area contributed by atoms with Crippen molar-refractivity contribution in [2.75, 3.05) is 5.32 Å². The molecular formula is C20H18ClFN2O2. The minimum atomic E-state index is -0.426. The number of rotatable bonds is 7. The number of carbonyl (C=O) groups is 1. The van der Waals surface area contributed by atoms with Crippen molar-refractivity contribution in [1.82, 2.24) is 5.32 Å². The predicted octanol–water partition coefficient (Wildman–Crippen LogP) is 4.54. The van der Waals surface area contributed by atoms with Gasteiger partial charge < -0.3 is 15.1 Å². The predicted molar refractivity (Wildman–Crippen MR) is 99.4 cm³/mol. The highest BCUT2D eigenvalue weighted by molar-refractivity contribution is 6.30. The Kier molecular flexibility index (Phi) is 5.92. The minimum absolute atomic E-state index is 0.0666. The summed E-state index contributed by atoms with van der Waals surface area (Å²) >= 11 is 5.78. The van der Waals surface area contributed by atoms with E-state index in [2.05, 4.69) is 10.6 Å². The summed E-state index contributed by atoms with van der Waals surface area (Å²) in [6, 6.07) is 15.8. The van der Waals surface area contributed by atoms with Crippen LogP contribution in [-0.4, -0.2) is 5.91 Å². The van der Waals surface area contributed by atoms with E-state index in [1.807, 2.05) is 30.3 Å². The molecule has 0 bridgehead atoms. The van der Waals surface area contributed by atoms with E-state index in [9.17, 15) is 9.18 Å². The first kappa shape index (κ1) is 18.0. The molecule has 4 nitrogen and oxygen atoms in total. The molecule has 0 saturated heterocycles. The van der Waals surface area contributed by atoms with Gasteiger partial charge in [0.2, 0.25) is 5.91 Å². The average Bonchev–Trinajstić information content (AvgIpc) is 3.16. The maximum absolute atomic E-state index is 13.2. The van der Waals surface area contributed by atoms with Crippen molar-refractivity contribution >= 4 is 23.2 Å². The summed E-state index contributed by atoms with van der Waals surface area (Å²) in [5.74, 6) is 0.229. The summed E-state index contributed by atoms with van der Waals surface area (Å²) in [5, 5.41) is 6.16. The van der Waals surface area contributed by atoms with Crippen molar-refractivity contribution in [3.63, 3.8) is 0 Å². The molecule has 1 aromatic heterocycles. The van der Waals surface area contributed by atoms with Crippen LogP contribution in [0.4, 0.5) is 10.1 Å². The van der Waals surface area contributed by atoms with Crippen LogP contribution in [0.25, 0.3) is 0 Å². The topological polar surface area (TPSA) is 54.3 Å². The summed E-state index contributed by atoms with van der Waals surface area (Å²) in [7, 11) is 0. The fourth-order valence-corrected chi connectivity index (χ4v) is 2.64. The molecule has 2 aromatic carbocycles. The first-order valence-corrected chi connectivity index (χ1v) is 8.54. The van der Waals surface area contributed by atoms with Crippen LogP contribution in [0, 0.1) is 5.82 Å². The molecule has 1 heterocycles. The second kappa shape index (κ2) is 8.54. The zero-order valence-electron chi connectivity index (χ0n) is 14.0. The molecule has 1 amide bonds. The lowest BCUT2D eigenvalue weighted by atomic mass is 10.1. The Morgan fingerprint density at radius 1 is 1.04 bits per heavy atom. The zero-order chi connectivity index (χ0) is 18.4. The van der Waals surface area contributed by atoms with E-state index in [4.69, 9.17) is 16.0 Å². The van der Waals surface area contributed by atoms with E-state index in [0.717, 1.165) is 22.6 Å². The third kappa shape index (κ3) is 5.10. The van der Waals surface area contributed by atoms with Crippen molar-refractivity contribution in [2.24, 2.45) is 0 Å². The largest absolute Gasteiger partial charge is 0.467 e. The Bertz CT molecular complexity index is 864. The average molecular weight is 373 g/mol. The van der Waals surface area contributed by atoms with E-state index >= 15 is 0 Å². The number of anilines is 1. The van der Waals surface area contributed by atoms with Gasteiger partial charge in [0.05, 0.1) is 24.3 Å². The van der Waals surface area contributed by atoms with E-state index in [1.165, 1.54) is 6.07 Å². The highest BCUT2D eigenvalue weighted by atomic mass is 35.5. The molecule has 0 aliphatic carbocycles. The number of benzene rings is 2. The summed E-state index contributed by atoms with van der Waals surface area (Å²) in [4.78, 5) is 12.0. The highest BCUT2D eigenvalue weighted by Crippen LogP contribution is 2.17. The van der Waals surface area contributed by atoms with Gasteiger partial charge in [0.1, 0.15) is 11.6 Å². The van der Waals surface area contributed by atoms with E-state index in [1.54, 1.807) is 24.5 Å². The van der Waals surface area contributed by atoms with Gasteiger partial charge in [-0.15, -0.1) is 0 Å². The fourth-order valence-electron chi connectivity index (χ4n) is 2.44. The first-order valence-electron chi connectivity index (χ1n) is 8.16. The molecule has 0 unspecified atom stereocenters. The Balaban J connectivity index is 1.48. The second-order valence-electron chi connectivity index (χ2n) is 5.83. The zero-order valence-corrected chi connectivity index (χ0v) is 14.7. The quantitative estimate of drug-likeness (QED) is 0.640. The molecule has 3 rings (SSSR count). The molecule has 6 heteroatoms. The third-order valence-electron chi connectivity index (χ3n) is 3.84. The lowest BCUT2D eigenvalue weighted by Crippen LogP contribution is -2.24. The van der Waals surface area contributed by atoms with Crippen LogP contribution in [0.2, 0.25) is 5.02 Å². The van der Waals surface area contributed by atoms with E-state index in [-0.39, 0.29) is 10.9 Å². The second-order valence-corrected chi connectivity index (χ2v) is 6.24. The summed E-state index contributed by atoms with van der Waals surface area (Å²) < 4.78 is 18.3. The van der Waals surface area contributed by atoms with Crippen LogP contribution >= 0.6 is 11.6 Å². The van der Waals surface area contributed by atoms with Gasteiger partial charge >= 0.3 is 0 Å². The van der Waals surface area contributed by atoms with Crippen molar-refractivity contribution in [2.45, 2.75) is 19.5 Å². The van der Waals surface area contributed by atoms with Gasteiger partial charge in [0.25, 0.3) is 0 Å². The molecule has 0 aliphatic rings. The molecule has 2 N–H and O–H groups in total. The Hall–Kier alpha value is -2.79. The smallest absolute Gasteiger partial charge is 0.224 e. The minimum Gasteiger partial charge on any atom is -0.467 e. The molecule has 0 spiro atoms. The Labute approximate surface area is 156 Å². The van der Waals surface area contributed by atoms with E-state index < -0.39 is 5.82 Å². The molecule has 26 heavy (non-hydrogen) atoms. The SMILES string of the molecule is O=C(Cc1ccc(NCc2ccc(F)c(Cl)c2)cc1)NCc1ccco1. The molecule has 3 aromatic rings. The Morgan fingerprint density at radius 2 is 1.81 bits per heavy atom. The van der Waals surface area contributed by atoms with Crippen molar-refractivity contribution < 1.29 is 13.6 Å². The lowest BCUT2D eigenvalue weighted by molar-refractivity contribution is -0.120. The molecular weight excluding hydrogens is 355 g/mol. The van der Waals surface area contributed by atoms with Crippen LogP contribution in [0.1, 0.15) is 16.9 Å². The van der Waals surface area contributed by atoms with Crippen LogP contribution in [0.15, 0.2) is 65.3 Å². The number of carbonyl (C=O) groups excluding carboxylic acids is 1. The van der Waals surface area contributed by atoms with Gasteiger partial charge in [-0.05, 0) is 47.5 Å². The Morgan fingerprint density at radius 3 is 2.50 bits per heavy atom. The number of hydrogen-bond donors (Lipinski definition) is 2. The van der Waals surface area contributed by atoms with Gasteiger partial charge in [-0.2, -0.15) is 0 Å². The van der Waals surface area contributed by atoms with Crippen LogP contribution in [0.3, 0.4) is 0 Å². The van der Waals surface area contributed by atoms with Crippen molar-refractivity contribution in [3.05, 3.63) is 88.6 Å². The molecule has 0 radical (unpaired) electrons. The maximum Gasteiger partial charge on any atom is 0.224 e. The number of halogens is 2. The van der Waals surface area contributed by atoms with Crippen LogP contribution < -0.4 is 10.6 Å². The van der Waals surface area contributed by atoms with Crippen LogP contribution in [-0.2, 0) is 24.3 Å². The normalized spacial score (nSPS) is 10.5. The summed E-state index contributed by atoms with van der Waals surface area (Å²) in [6.45, 7) is 0.911.